The van der Waals surface area contributed by atoms with Crippen molar-refractivity contribution in [2.75, 3.05) is 26.2 Å². The summed E-state index contributed by atoms with van der Waals surface area (Å²) < 4.78 is 0. The Kier molecular flexibility index (Phi) is 4.06. The van der Waals surface area contributed by atoms with Gasteiger partial charge in [0.25, 0.3) is 5.91 Å². The van der Waals surface area contributed by atoms with Crippen molar-refractivity contribution in [2.45, 2.75) is 44.9 Å². The van der Waals surface area contributed by atoms with Gasteiger partial charge in [-0.15, -0.1) is 0 Å². The minimum absolute atomic E-state index is 0.0726. The van der Waals surface area contributed by atoms with Crippen LogP contribution in [0.3, 0.4) is 0 Å². The zero-order valence-electron chi connectivity index (χ0n) is 14.2. The molecule has 1 aromatic rings. The number of carbonyl (C=O) groups excluding carboxylic acids is 2. The normalized spacial score (nSPS) is 25.2. The van der Waals surface area contributed by atoms with Gasteiger partial charge in [0.05, 0.1) is 11.8 Å². The fourth-order valence-corrected chi connectivity index (χ4v) is 4.76. The molecule has 1 aromatic heterocycles. The van der Waals surface area contributed by atoms with Gasteiger partial charge in [-0.3, -0.25) is 14.7 Å². The van der Waals surface area contributed by atoms with Crippen LogP contribution in [-0.4, -0.2) is 58.0 Å². The highest BCUT2D eigenvalue weighted by atomic mass is 16.2. The van der Waals surface area contributed by atoms with Crippen LogP contribution in [0.15, 0.2) is 12.4 Å². The Bertz CT molecular complexity index is 603. The lowest BCUT2D eigenvalue weighted by Crippen LogP contribution is -2.39. The monoisotopic (exact) mass is 330 g/mol. The van der Waals surface area contributed by atoms with Crippen molar-refractivity contribution in [3.05, 3.63) is 18.0 Å². The molecule has 6 heteroatoms. The van der Waals surface area contributed by atoms with Crippen LogP contribution >= 0.6 is 0 Å². The van der Waals surface area contributed by atoms with Crippen LogP contribution < -0.4 is 0 Å². The molecule has 3 aliphatic rings. The van der Waals surface area contributed by atoms with Gasteiger partial charge in [-0.05, 0) is 43.4 Å². The first-order chi connectivity index (χ1) is 11.7. The average Bonchev–Trinajstić information content (AvgIpc) is 3.31. The lowest BCUT2D eigenvalue weighted by Gasteiger charge is -2.43. The molecule has 2 amide bonds. The minimum atomic E-state index is 0.0726. The van der Waals surface area contributed by atoms with E-state index in [4.69, 9.17) is 0 Å². The van der Waals surface area contributed by atoms with E-state index >= 15 is 0 Å². The van der Waals surface area contributed by atoms with E-state index in [0.29, 0.717) is 23.8 Å². The van der Waals surface area contributed by atoms with E-state index in [-0.39, 0.29) is 11.3 Å². The van der Waals surface area contributed by atoms with Crippen molar-refractivity contribution in [2.24, 2.45) is 11.3 Å². The van der Waals surface area contributed by atoms with Crippen LogP contribution in [0.4, 0.5) is 0 Å². The highest BCUT2D eigenvalue weighted by Gasteiger charge is 2.51. The summed E-state index contributed by atoms with van der Waals surface area (Å²) in [6.45, 7) is 3.50. The quantitative estimate of drug-likeness (QED) is 0.918. The van der Waals surface area contributed by atoms with Gasteiger partial charge in [0.15, 0.2) is 0 Å². The molecule has 1 atom stereocenters. The summed E-state index contributed by atoms with van der Waals surface area (Å²) in [7, 11) is 0. The van der Waals surface area contributed by atoms with Crippen LogP contribution in [-0.2, 0) is 4.79 Å². The number of aromatic amines is 1. The Morgan fingerprint density at radius 1 is 1.21 bits per heavy atom. The topological polar surface area (TPSA) is 69.3 Å². The lowest BCUT2D eigenvalue weighted by atomic mass is 9.62. The molecule has 0 radical (unpaired) electrons. The molecule has 1 unspecified atom stereocenters. The van der Waals surface area contributed by atoms with Gasteiger partial charge in [0.2, 0.25) is 5.91 Å². The number of hydrogen-bond acceptors (Lipinski definition) is 3. The number of hydrogen-bond donors (Lipinski definition) is 1. The van der Waals surface area contributed by atoms with Crippen LogP contribution in [0.1, 0.15) is 55.3 Å². The Hall–Kier alpha value is -1.85. The molecule has 6 nitrogen and oxygen atoms in total. The van der Waals surface area contributed by atoms with E-state index in [1.807, 2.05) is 9.80 Å². The standard InChI is InChI=1S/C18H26N4O2/c23-16(21-8-1-2-9-21)5-4-15-12-22(13-18(15)6-3-7-18)17(24)14-10-19-20-11-14/h10-11,15H,1-9,12-13H2,(H,19,20). The van der Waals surface area contributed by atoms with Crippen LogP contribution in [0.2, 0.25) is 0 Å². The fraction of sp³-hybridized carbons (Fsp3) is 0.722. The molecule has 1 aliphatic carbocycles. The van der Waals surface area contributed by atoms with Crippen molar-refractivity contribution in [3.63, 3.8) is 0 Å². The van der Waals surface area contributed by atoms with Crippen molar-refractivity contribution < 1.29 is 9.59 Å². The molecule has 0 aromatic carbocycles. The summed E-state index contributed by atoms with van der Waals surface area (Å²) in [6, 6.07) is 0. The predicted octanol–water partition coefficient (Wildman–Crippen LogP) is 2.05. The Balaban J connectivity index is 1.39. The number of amides is 2. The van der Waals surface area contributed by atoms with Crippen molar-refractivity contribution >= 4 is 11.8 Å². The van der Waals surface area contributed by atoms with E-state index < -0.39 is 0 Å². The van der Waals surface area contributed by atoms with Gasteiger partial charge in [0, 0.05) is 38.8 Å². The third-order valence-electron chi connectivity index (χ3n) is 6.36. The van der Waals surface area contributed by atoms with E-state index in [1.165, 1.54) is 19.3 Å². The third kappa shape index (κ3) is 2.72. The second-order valence-corrected chi connectivity index (χ2v) is 7.71. The molecule has 1 N–H and O–H groups in total. The van der Waals surface area contributed by atoms with Crippen LogP contribution in [0, 0.1) is 11.3 Å². The average molecular weight is 330 g/mol. The molecule has 3 heterocycles. The van der Waals surface area contributed by atoms with Gasteiger partial charge in [-0.2, -0.15) is 5.10 Å². The van der Waals surface area contributed by atoms with Gasteiger partial charge >= 0.3 is 0 Å². The van der Waals surface area contributed by atoms with Crippen LogP contribution in [0.5, 0.6) is 0 Å². The molecular formula is C18H26N4O2. The zero-order valence-corrected chi connectivity index (χ0v) is 14.2. The first-order valence-electron chi connectivity index (χ1n) is 9.24. The maximum absolute atomic E-state index is 12.6. The van der Waals surface area contributed by atoms with Gasteiger partial charge in [-0.25, -0.2) is 0 Å². The molecule has 3 fully saturated rings. The van der Waals surface area contributed by atoms with E-state index in [9.17, 15) is 9.59 Å². The van der Waals surface area contributed by atoms with E-state index in [2.05, 4.69) is 10.2 Å². The molecule has 24 heavy (non-hydrogen) atoms. The van der Waals surface area contributed by atoms with E-state index in [0.717, 1.165) is 45.4 Å². The lowest BCUT2D eigenvalue weighted by molar-refractivity contribution is -0.130. The summed E-state index contributed by atoms with van der Waals surface area (Å²) in [5, 5.41) is 6.60. The maximum atomic E-state index is 12.6. The molecule has 1 saturated carbocycles. The largest absolute Gasteiger partial charge is 0.343 e. The molecule has 1 spiro atoms. The van der Waals surface area contributed by atoms with Crippen LogP contribution in [0.25, 0.3) is 0 Å². The number of H-pyrrole nitrogens is 1. The van der Waals surface area contributed by atoms with Crippen molar-refractivity contribution in [1.29, 1.82) is 0 Å². The number of nitrogens with one attached hydrogen (secondary N) is 1. The number of likely N-dealkylation sites (tertiary alicyclic amines) is 2. The SMILES string of the molecule is O=C(CCC1CN(C(=O)c2cn[nH]c2)CC12CCC2)N1CCCC1. The van der Waals surface area contributed by atoms with Gasteiger partial charge in [0.1, 0.15) is 0 Å². The maximum Gasteiger partial charge on any atom is 0.257 e. The summed E-state index contributed by atoms with van der Waals surface area (Å²) in [5.74, 6) is 0.846. The predicted molar refractivity (Wildman–Crippen MR) is 89.3 cm³/mol. The summed E-state index contributed by atoms with van der Waals surface area (Å²) in [4.78, 5) is 29.0. The molecular weight excluding hydrogens is 304 g/mol. The van der Waals surface area contributed by atoms with E-state index in [1.54, 1.807) is 12.4 Å². The molecule has 2 saturated heterocycles. The second-order valence-electron chi connectivity index (χ2n) is 7.71. The van der Waals surface area contributed by atoms with Crippen molar-refractivity contribution in [3.8, 4) is 0 Å². The summed E-state index contributed by atoms with van der Waals surface area (Å²) in [5.41, 5.74) is 0.906. The van der Waals surface area contributed by atoms with Gasteiger partial charge < -0.3 is 9.80 Å². The summed E-state index contributed by atoms with van der Waals surface area (Å²) in [6.07, 6.45) is 10.8. The number of carbonyl (C=O) groups is 2. The van der Waals surface area contributed by atoms with Gasteiger partial charge in [-0.1, -0.05) is 6.42 Å². The minimum Gasteiger partial charge on any atom is -0.343 e. The molecule has 4 rings (SSSR count). The Morgan fingerprint density at radius 2 is 2.00 bits per heavy atom. The Labute approximate surface area is 142 Å². The van der Waals surface area contributed by atoms with Crippen molar-refractivity contribution in [1.82, 2.24) is 20.0 Å². The highest BCUT2D eigenvalue weighted by Crippen LogP contribution is 2.53. The fourth-order valence-electron chi connectivity index (χ4n) is 4.76. The number of rotatable bonds is 4. The smallest absolute Gasteiger partial charge is 0.257 e. The molecule has 2 aliphatic heterocycles. The first-order valence-corrected chi connectivity index (χ1v) is 9.24. The highest BCUT2D eigenvalue weighted by molar-refractivity contribution is 5.94. The number of nitrogens with zero attached hydrogens (tertiary/aromatic N) is 3. The first kappa shape index (κ1) is 15.7. The Morgan fingerprint density at radius 3 is 2.62 bits per heavy atom. The second kappa shape index (κ2) is 6.22. The third-order valence-corrected chi connectivity index (χ3v) is 6.36. The summed E-state index contributed by atoms with van der Waals surface area (Å²) >= 11 is 0. The molecule has 0 bridgehead atoms. The number of aromatic nitrogens is 2. The zero-order chi connectivity index (χ0) is 16.6. The molecule has 130 valence electrons.